The molecule has 0 spiro atoms. The normalized spacial score (nSPS) is 11.5. The molecule has 0 saturated carbocycles. The molecule has 2 heterocycles. The molecule has 1 aromatic carbocycles. The van der Waals surface area contributed by atoms with Gasteiger partial charge in [-0.25, -0.2) is 19.9 Å². The van der Waals surface area contributed by atoms with Gasteiger partial charge in [-0.2, -0.15) is 8.42 Å². The molecule has 4 N–H and O–H groups in total. The smallest absolute Gasteiger partial charge is 0.446 e. The first-order chi connectivity index (χ1) is 11.8. The Hall–Kier alpha value is -2.78. The van der Waals surface area contributed by atoms with Gasteiger partial charge < -0.3 is 14.9 Å². The molecule has 1 unspecified atom stereocenters. The fourth-order valence-corrected chi connectivity index (χ4v) is 2.18. The molecule has 1 atom stereocenters. The minimum atomic E-state index is -4.56. The van der Waals surface area contributed by atoms with E-state index in [1.54, 1.807) is 23.3 Å². The molecule has 3 rings (SSSR count). The average Bonchev–Trinajstić information content (AvgIpc) is 3.10. The molecular formula is C12H13N6O6S2-. The van der Waals surface area contributed by atoms with Crippen LogP contribution < -0.4 is 10.3 Å². The number of benzene rings is 1. The lowest BCUT2D eigenvalue weighted by atomic mass is 10.3. The maximum Gasteiger partial charge on any atom is 0.446 e. The van der Waals surface area contributed by atoms with E-state index in [0.717, 1.165) is 24.3 Å². The van der Waals surface area contributed by atoms with Crippen molar-refractivity contribution in [3.8, 4) is 11.7 Å². The van der Waals surface area contributed by atoms with Gasteiger partial charge in [0.15, 0.2) is 0 Å². The van der Waals surface area contributed by atoms with Crippen LogP contribution in [0.25, 0.3) is 5.95 Å². The minimum Gasteiger partial charge on any atom is -0.768 e. The summed E-state index contributed by atoms with van der Waals surface area (Å²) in [5.41, 5.74) is 0. The summed E-state index contributed by atoms with van der Waals surface area (Å²) in [6.45, 7) is 0. The molecular weight excluding hydrogens is 388 g/mol. The first-order valence-electron chi connectivity index (χ1n) is 6.32. The number of hydrogen-bond donors (Lipinski definition) is 2. The Morgan fingerprint density at radius 1 is 1.12 bits per heavy atom. The van der Waals surface area contributed by atoms with Crippen molar-refractivity contribution >= 4 is 21.5 Å². The zero-order valence-electron chi connectivity index (χ0n) is 12.9. The van der Waals surface area contributed by atoms with Gasteiger partial charge in [-0.1, -0.05) is 0 Å². The zero-order chi connectivity index (χ0) is 18.3. The average molecular weight is 401 g/mol. The molecule has 0 saturated heterocycles. The highest BCUT2D eigenvalue weighted by atomic mass is 32.3. The van der Waals surface area contributed by atoms with E-state index in [0.29, 0.717) is 5.95 Å². The van der Waals surface area contributed by atoms with Crippen LogP contribution in [0.3, 0.4) is 0 Å². The van der Waals surface area contributed by atoms with Crippen LogP contribution in [0.1, 0.15) is 0 Å². The van der Waals surface area contributed by atoms with Crippen molar-refractivity contribution in [3.63, 3.8) is 0 Å². The summed E-state index contributed by atoms with van der Waals surface area (Å²) in [5, 5.41) is 0. The van der Waals surface area contributed by atoms with Gasteiger partial charge in [-0.3, -0.25) is 13.3 Å². The quantitative estimate of drug-likeness (QED) is 0.451. The largest absolute Gasteiger partial charge is 0.768 e. The highest BCUT2D eigenvalue weighted by Gasteiger charge is 2.06. The second kappa shape index (κ2) is 9.64. The Morgan fingerprint density at radius 2 is 1.73 bits per heavy atom. The van der Waals surface area contributed by atoms with Crippen molar-refractivity contribution in [3.05, 3.63) is 55.6 Å². The second-order valence-electron chi connectivity index (χ2n) is 4.13. The molecule has 12 nitrogen and oxygen atoms in total. The van der Waals surface area contributed by atoms with Crippen LogP contribution in [0.2, 0.25) is 0 Å². The molecule has 140 valence electrons. The van der Waals surface area contributed by atoms with Gasteiger partial charge in [-0.05, 0) is 35.3 Å². The van der Waals surface area contributed by atoms with Crippen molar-refractivity contribution < 1.29 is 25.9 Å². The Kier molecular flexibility index (Phi) is 7.88. The summed E-state index contributed by atoms with van der Waals surface area (Å²) in [6, 6.07) is 4.51. The van der Waals surface area contributed by atoms with Crippen LogP contribution in [-0.4, -0.2) is 46.2 Å². The summed E-state index contributed by atoms with van der Waals surface area (Å²) < 4.78 is 55.3. The monoisotopic (exact) mass is 401 g/mol. The van der Waals surface area contributed by atoms with Crippen LogP contribution in [0.5, 0.6) is 5.75 Å². The van der Waals surface area contributed by atoms with Crippen LogP contribution in [-0.2, 0) is 21.5 Å². The van der Waals surface area contributed by atoms with E-state index in [1.807, 2.05) is 0 Å². The molecule has 0 aliphatic carbocycles. The van der Waals surface area contributed by atoms with Crippen molar-refractivity contribution in [1.82, 2.24) is 30.7 Å². The van der Waals surface area contributed by atoms with Crippen LogP contribution >= 0.6 is 0 Å². The third-order valence-electron chi connectivity index (χ3n) is 2.43. The Bertz CT molecular complexity index is 919. The molecule has 0 fully saturated rings. The van der Waals surface area contributed by atoms with Crippen molar-refractivity contribution in [1.29, 1.82) is 0 Å². The molecule has 0 amide bonds. The van der Waals surface area contributed by atoms with E-state index in [-0.39, 0.29) is 16.8 Å². The lowest BCUT2D eigenvalue weighted by Crippen LogP contribution is -2.06. The van der Waals surface area contributed by atoms with Crippen molar-refractivity contribution in [2.45, 2.75) is 4.90 Å². The first-order valence-corrected chi connectivity index (χ1v) is 8.76. The van der Waals surface area contributed by atoms with Crippen LogP contribution in [0.15, 0.2) is 60.5 Å². The molecule has 3 aromatic rings. The number of hydrogen-bond acceptors (Lipinski definition) is 10. The predicted octanol–water partition coefficient (Wildman–Crippen LogP) is 0.325. The Balaban J connectivity index is 0.000000256. The van der Waals surface area contributed by atoms with Gasteiger partial charge >= 0.3 is 10.4 Å². The summed E-state index contributed by atoms with van der Waals surface area (Å²) in [5.74, 6) is 0.416. The zero-order valence-corrected chi connectivity index (χ0v) is 14.6. The van der Waals surface area contributed by atoms with E-state index >= 15 is 0 Å². The molecule has 0 aliphatic rings. The first kappa shape index (κ1) is 21.3. The number of rotatable bonds is 4. The highest BCUT2D eigenvalue weighted by Crippen LogP contribution is 2.15. The van der Waals surface area contributed by atoms with Crippen molar-refractivity contribution in [2.75, 3.05) is 0 Å². The van der Waals surface area contributed by atoms with Gasteiger partial charge in [-0.15, -0.1) is 0 Å². The fourth-order valence-electron chi connectivity index (χ4n) is 1.47. The van der Waals surface area contributed by atoms with Crippen LogP contribution in [0, 0.1) is 0 Å². The lowest BCUT2D eigenvalue weighted by Gasteiger charge is -2.05. The second-order valence-corrected chi connectivity index (χ2v) is 6.09. The molecule has 0 aliphatic heterocycles. The van der Waals surface area contributed by atoms with E-state index in [1.165, 1.54) is 12.7 Å². The molecule has 0 radical (unpaired) electrons. The molecule has 26 heavy (non-hydrogen) atoms. The van der Waals surface area contributed by atoms with Crippen LogP contribution in [0.4, 0.5) is 0 Å². The van der Waals surface area contributed by atoms with Gasteiger partial charge in [0.1, 0.15) is 24.7 Å². The topological polar surface area (TPSA) is 195 Å². The third-order valence-corrected chi connectivity index (χ3v) is 3.49. The van der Waals surface area contributed by atoms with Gasteiger partial charge in [0.25, 0.3) is 0 Å². The van der Waals surface area contributed by atoms with E-state index in [9.17, 15) is 17.2 Å². The standard InChI is InChI=1S/C6H5N5.C6H6O6S2.H3N/c1-2-11(5-7-1)6-9-3-8-4-10-6;7-13(8)6-3-1-5(2-4-6)12-14(9,10)11;/h1-5H;1-4H,(H,7,8)(H,9,10,11);1H3/p-1. The number of aromatic nitrogens is 5. The summed E-state index contributed by atoms with van der Waals surface area (Å²) >= 11 is -2.38. The Labute approximate surface area is 150 Å². The van der Waals surface area contributed by atoms with E-state index < -0.39 is 21.5 Å². The summed E-state index contributed by atoms with van der Waals surface area (Å²) in [4.78, 5) is 15.4. The number of imidazole rings is 1. The van der Waals surface area contributed by atoms with Gasteiger partial charge in [0.05, 0.1) is 0 Å². The lowest BCUT2D eigenvalue weighted by molar-refractivity contribution is 0.386. The SMILES string of the molecule is N.O=S([O-])c1ccc(OS(=O)(=O)O)cc1.c1cn(-c2ncncn2)cn1. The van der Waals surface area contributed by atoms with E-state index in [2.05, 4.69) is 24.1 Å². The predicted molar refractivity (Wildman–Crippen MR) is 87.8 cm³/mol. The molecule has 14 heteroatoms. The maximum absolute atomic E-state index is 10.4. The highest BCUT2D eigenvalue weighted by molar-refractivity contribution is 7.81. The fraction of sp³-hybridized carbons (Fsp3) is 0. The summed E-state index contributed by atoms with van der Waals surface area (Å²) in [6.07, 6.45) is 7.97. The van der Waals surface area contributed by atoms with Gasteiger partial charge in [0, 0.05) is 17.3 Å². The molecule has 0 bridgehead atoms. The van der Waals surface area contributed by atoms with Gasteiger partial charge in [0.2, 0.25) is 5.95 Å². The summed E-state index contributed by atoms with van der Waals surface area (Å²) in [7, 11) is -4.56. The Morgan fingerprint density at radius 3 is 2.19 bits per heavy atom. The van der Waals surface area contributed by atoms with E-state index in [4.69, 9.17) is 4.55 Å². The van der Waals surface area contributed by atoms with Crippen molar-refractivity contribution in [2.24, 2.45) is 0 Å². The third kappa shape index (κ3) is 6.99. The maximum atomic E-state index is 10.4. The number of nitrogens with zero attached hydrogens (tertiary/aromatic N) is 5. The minimum absolute atomic E-state index is 0. The molecule has 2 aromatic heterocycles.